The summed E-state index contributed by atoms with van der Waals surface area (Å²) in [6, 6.07) is 0. The largest absolute Gasteiger partial charge is 0.495 e. The van der Waals surface area contributed by atoms with Crippen LogP contribution in [0.2, 0.25) is 0 Å². The van der Waals surface area contributed by atoms with Gasteiger partial charge in [-0.2, -0.15) is 13.2 Å². The summed E-state index contributed by atoms with van der Waals surface area (Å²) in [6.45, 7) is 3.79. The number of halogens is 4. The van der Waals surface area contributed by atoms with Crippen LogP contribution in [0, 0.1) is 0 Å². The van der Waals surface area contributed by atoms with E-state index in [1.54, 1.807) is 6.92 Å². The highest BCUT2D eigenvalue weighted by atomic mass is 19.4. The van der Waals surface area contributed by atoms with Crippen molar-refractivity contribution in [2.24, 2.45) is 0 Å². The van der Waals surface area contributed by atoms with Gasteiger partial charge in [0.1, 0.15) is 5.76 Å². The summed E-state index contributed by atoms with van der Waals surface area (Å²) in [5, 5.41) is 0. The highest BCUT2D eigenvalue weighted by Crippen LogP contribution is 2.40. The van der Waals surface area contributed by atoms with Crippen molar-refractivity contribution in [3.05, 3.63) is 23.0 Å². The van der Waals surface area contributed by atoms with E-state index < -0.39 is 17.9 Å². The number of allylic oxidation sites excluding steroid dienone is 3. The second-order valence-electron chi connectivity index (χ2n) is 5.27. The maximum atomic E-state index is 14.5. The third-order valence-corrected chi connectivity index (χ3v) is 3.61. The zero-order valence-electron chi connectivity index (χ0n) is 12.7. The van der Waals surface area contributed by atoms with Crippen LogP contribution in [0.1, 0.15) is 58.8 Å². The fourth-order valence-electron chi connectivity index (χ4n) is 2.59. The first kappa shape index (κ1) is 18.1. The van der Waals surface area contributed by atoms with E-state index in [1.807, 2.05) is 6.92 Å². The van der Waals surface area contributed by atoms with Crippen LogP contribution in [0.25, 0.3) is 0 Å². The molecule has 1 aliphatic carbocycles. The first-order valence-corrected chi connectivity index (χ1v) is 7.67. The Morgan fingerprint density at radius 1 is 1.24 bits per heavy atom. The smallest absolute Gasteiger partial charge is 0.415 e. The van der Waals surface area contributed by atoms with Gasteiger partial charge in [-0.3, -0.25) is 0 Å². The lowest BCUT2D eigenvalue weighted by Crippen LogP contribution is -2.25. The lowest BCUT2D eigenvalue weighted by Gasteiger charge is -2.21. The molecule has 0 heterocycles. The predicted octanol–water partition coefficient (Wildman–Crippen LogP) is 5.87. The van der Waals surface area contributed by atoms with Gasteiger partial charge in [-0.25, -0.2) is 4.39 Å². The molecule has 1 aliphatic rings. The van der Waals surface area contributed by atoms with E-state index in [1.165, 1.54) is 6.08 Å². The van der Waals surface area contributed by atoms with E-state index in [4.69, 9.17) is 4.74 Å². The van der Waals surface area contributed by atoms with Crippen LogP contribution in [-0.4, -0.2) is 19.0 Å². The monoisotopic (exact) mass is 308 g/mol. The molecule has 0 saturated heterocycles. The Kier molecular flexibility index (Phi) is 7.26. The lowest BCUT2D eigenvalue weighted by atomic mass is 9.99. The summed E-state index contributed by atoms with van der Waals surface area (Å²) in [4.78, 5) is 0. The predicted molar refractivity (Wildman–Crippen MR) is 75.7 cm³/mol. The van der Waals surface area contributed by atoms with E-state index >= 15 is 0 Å². The van der Waals surface area contributed by atoms with Gasteiger partial charge in [-0.05, 0) is 51.5 Å². The molecule has 0 N–H and O–H groups in total. The van der Waals surface area contributed by atoms with E-state index in [9.17, 15) is 17.6 Å². The molecule has 21 heavy (non-hydrogen) atoms. The molecule has 0 radical (unpaired) electrons. The maximum absolute atomic E-state index is 14.5. The van der Waals surface area contributed by atoms with Gasteiger partial charge in [0, 0.05) is 0 Å². The number of unbranched alkanes of at least 4 members (excludes halogenated alkanes) is 2. The molecule has 122 valence electrons. The van der Waals surface area contributed by atoms with Crippen LogP contribution in [0.4, 0.5) is 17.6 Å². The molecule has 1 unspecified atom stereocenters. The summed E-state index contributed by atoms with van der Waals surface area (Å²) in [5.41, 5.74) is -0.827. The van der Waals surface area contributed by atoms with Gasteiger partial charge in [0.25, 0.3) is 0 Å². The standard InChI is InChI=1S/C16H24F4O/c1-3-5-6-11-13(21-4-2)15(17)14(16(18,19)20)12-9-7-8-10-12/h11,15H,3-10H2,1-2H3/b13-11+. The number of hydrogen-bond acceptors (Lipinski definition) is 1. The second-order valence-corrected chi connectivity index (χ2v) is 5.27. The Labute approximate surface area is 124 Å². The quantitative estimate of drug-likeness (QED) is 0.247. The minimum Gasteiger partial charge on any atom is -0.495 e. The Morgan fingerprint density at radius 2 is 1.86 bits per heavy atom. The third kappa shape index (κ3) is 5.36. The zero-order valence-corrected chi connectivity index (χ0v) is 12.7. The Bertz CT molecular complexity index is 374. The fourth-order valence-corrected chi connectivity index (χ4v) is 2.59. The summed E-state index contributed by atoms with van der Waals surface area (Å²) >= 11 is 0. The Balaban J connectivity index is 3.04. The molecule has 0 aliphatic heterocycles. The van der Waals surface area contributed by atoms with Crippen LogP contribution in [0.15, 0.2) is 23.0 Å². The van der Waals surface area contributed by atoms with E-state index in [0.29, 0.717) is 32.1 Å². The van der Waals surface area contributed by atoms with Crippen LogP contribution < -0.4 is 0 Å². The van der Waals surface area contributed by atoms with Crippen molar-refractivity contribution in [3.8, 4) is 0 Å². The van der Waals surface area contributed by atoms with Crippen LogP contribution in [-0.2, 0) is 4.74 Å². The van der Waals surface area contributed by atoms with Crippen molar-refractivity contribution in [1.82, 2.24) is 0 Å². The van der Waals surface area contributed by atoms with Gasteiger partial charge < -0.3 is 4.74 Å². The number of ether oxygens (including phenoxy) is 1. The SMILES string of the molecule is CCCC/C=C(/OCC)C(F)C(=C1CCCC1)C(F)(F)F. The van der Waals surface area contributed by atoms with E-state index in [2.05, 4.69) is 0 Å². The molecular weight excluding hydrogens is 284 g/mol. The number of alkyl halides is 4. The van der Waals surface area contributed by atoms with Crippen LogP contribution in [0.3, 0.4) is 0 Å². The summed E-state index contributed by atoms with van der Waals surface area (Å²) in [7, 11) is 0. The van der Waals surface area contributed by atoms with E-state index in [0.717, 1.165) is 12.8 Å². The molecule has 1 saturated carbocycles. The second kappa shape index (κ2) is 8.44. The lowest BCUT2D eigenvalue weighted by molar-refractivity contribution is -0.102. The van der Waals surface area contributed by atoms with Crippen molar-refractivity contribution in [3.63, 3.8) is 0 Å². The Hall–Kier alpha value is -1.00. The number of rotatable bonds is 7. The average molecular weight is 308 g/mol. The minimum atomic E-state index is -4.64. The third-order valence-electron chi connectivity index (χ3n) is 3.61. The molecule has 0 aromatic rings. The molecule has 0 aromatic carbocycles. The van der Waals surface area contributed by atoms with Crippen molar-refractivity contribution in [1.29, 1.82) is 0 Å². The van der Waals surface area contributed by atoms with Gasteiger partial charge in [0.05, 0.1) is 12.2 Å². The molecular formula is C16H24F4O. The zero-order chi connectivity index (χ0) is 15.9. The summed E-state index contributed by atoms with van der Waals surface area (Å²) in [5.74, 6) is -0.183. The van der Waals surface area contributed by atoms with Gasteiger partial charge in [0.15, 0.2) is 6.17 Å². The fraction of sp³-hybridized carbons (Fsp3) is 0.750. The topological polar surface area (TPSA) is 9.23 Å². The summed E-state index contributed by atoms with van der Waals surface area (Å²) in [6.07, 6.45) is -1.05. The van der Waals surface area contributed by atoms with Gasteiger partial charge in [-0.15, -0.1) is 0 Å². The molecule has 0 bridgehead atoms. The van der Waals surface area contributed by atoms with Crippen molar-refractivity contribution in [2.45, 2.75) is 71.1 Å². The first-order valence-electron chi connectivity index (χ1n) is 7.67. The molecule has 1 atom stereocenters. The van der Waals surface area contributed by atoms with Gasteiger partial charge in [0.2, 0.25) is 0 Å². The van der Waals surface area contributed by atoms with Gasteiger partial charge >= 0.3 is 6.18 Å². The molecule has 5 heteroatoms. The molecule has 1 rings (SSSR count). The van der Waals surface area contributed by atoms with Crippen molar-refractivity contribution >= 4 is 0 Å². The highest BCUT2D eigenvalue weighted by molar-refractivity contribution is 5.31. The van der Waals surface area contributed by atoms with Crippen LogP contribution >= 0.6 is 0 Å². The Morgan fingerprint density at radius 3 is 2.33 bits per heavy atom. The van der Waals surface area contributed by atoms with Crippen molar-refractivity contribution in [2.75, 3.05) is 6.61 Å². The van der Waals surface area contributed by atoms with Gasteiger partial charge in [-0.1, -0.05) is 18.9 Å². The molecule has 0 spiro atoms. The molecule has 1 fully saturated rings. The van der Waals surface area contributed by atoms with E-state index in [-0.39, 0.29) is 17.9 Å². The molecule has 1 nitrogen and oxygen atoms in total. The average Bonchev–Trinajstić information content (AvgIpc) is 2.90. The molecule has 0 amide bonds. The number of hydrogen-bond donors (Lipinski definition) is 0. The summed E-state index contributed by atoms with van der Waals surface area (Å²) < 4.78 is 59.4. The highest BCUT2D eigenvalue weighted by Gasteiger charge is 2.43. The first-order chi connectivity index (χ1) is 9.91. The maximum Gasteiger partial charge on any atom is 0.415 e. The van der Waals surface area contributed by atoms with Crippen LogP contribution in [0.5, 0.6) is 0 Å². The normalized spacial score (nSPS) is 18.0. The molecule has 0 aromatic heterocycles. The van der Waals surface area contributed by atoms with Crippen molar-refractivity contribution < 1.29 is 22.3 Å². The minimum absolute atomic E-state index is 0.166.